The molecule has 6 nitrogen and oxygen atoms in total. The van der Waals surface area contributed by atoms with Crippen LogP contribution in [0.25, 0.3) is 0 Å². The third kappa shape index (κ3) is 5.42. The lowest BCUT2D eigenvalue weighted by atomic mass is 10.1. The van der Waals surface area contributed by atoms with Crippen LogP contribution < -0.4 is 10.6 Å². The van der Waals surface area contributed by atoms with Gasteiger partial charge in [-0.15, -0.1) is 0 Å². The van der Waals surface area contributed by atoms with E-state index < -0.39 is 11.9 Å². The molecule has 0 aliphatic heterocycles. The average Bonchev–Trinajstić information content (AvgIpc) is 2.30. The molecule has 0 radical (unpaired) electrons. The predicted octanol–water partition coefficient (Wildman–Crippen LogP) is 0.0350. The average molecular weight is 252 g/mol. The van der Waals surface area contributed by atoms with E-state index in [1.54, 1.807) is 0 Å². The second kappa shape index (κ2) is 7.41. The maximum absolute atomic E-state index is 10.4. The van der Waals surface area contributed by atoms with Crippen molar-refractivity contribution in [2.45, 2.75) is 13.1 Å². The number of carboxylic acids is 2. The smallest absolute Gasteiger partial charge is 0.317 e. The van der Waals surface area contributed by atoms with E-state index in [4.69, 9.17) is 10.2 Å². The molecule has 1 aromatic carbocycles. The Balaban J connectivity index is 2.50. The van der Waals surface area contributed by atoms with Crippen molar-refractivity contribution in [1.82, 2.24) is 10.6 Å². The van der Waals surface area contributed by atoms with E-state index in [0.29, 0.717) is 13.1 Å². The molecule has 4 N–H and O–H groups in total. The quantitative estimate of drug-likeness (QED) is 0.521. The molecule has 0 fully saturated rings. The Hall–Kier alpha value is -1.92. The predicted molar refractivity (Wildman–Crippen MR) is 65.1 cm³/mol. The van der Waals surface area contributed by atoms with Gasteiger partial charge in [-0.2, -0.15) is 0 Å². The lowest BCUT2D eigenvalue weighted by molar-refractivity contribution is -0.137. The molecule has 0 saturated carbocycles. The first-order chi connectivity index (χ1) is 8.59. The summed E-state index contributed by atoms with van der Waals surface area (Å²) in [5.41, 5.74) is 1.91. The molecular formula is C12H16N2O4. The van der Waals surface area contributed by atoms with Crippen molar-refractivity contribution in [2.75, 3.05) is 13.1 Å². The summed E-state index contributed by atoms with van der Waals surface area (Å²) < 4.78 is 0. The summed E-state index contributed by atoms with van der Waals surface area (Å²) in [5, 5.41) is 22.6. The summed E-state index contributed by atoms with van der Waals surface area (Å²) in [6, 6.07) is 7.48. The molecule has 0 spiro atoms. The summed E-state index contributed by atoms with van der Waals surface area (Å²) in [6.45, 7) is 0.683. The monoisotopic (exact) mass is 252 g/mol. The standard InChI is InChI=1S/C12H16N2O4/c15-11(16)7-13-5-9-3-1-2-4-10(9)6-14-8-12(17)18/h1-4,13-14H,5-8H2,(H,15,16)(H,17,18). The molecule has 0 aromatic heterocycles. The van der Waals surface area contributed by atoms with Gasteiger partial charge in [-0.3, -0.25) is 9.59 Å². The van der Waals surface area contributed by atoms with Gasteiger partial charge in [0, 0.05) is 13.1 Å². The molecular weight excluding hydrogens is 236 g/mol. The van der Waals surface area contributed by atoms with Crippen molar-refractivity contribution >= 4 is 11.9 Å². The highest BCUT2D eigenvalue weighted by atomic mass is 16.4. The van der Waals surface area contributed by atoms with Crippen LogP contribution in [0.1, 0.15) is 11.1 Å². The van der Waals surface area contributed by atoms with Crippen LogP contribution in [-0.2, 0) is 22.7 Å². The molecule has 1 aromatic rings. The first kappa shape index (κ1) is 14.1. The van der Waals surface area contributed by atoms with E-state index in [1.807, 2.05) is 24.3 Å². The highest BCUT2D eigenvalue weighted by molar-refractivity contribution is 5.69. The molecule has 0 aliphatic rings. The fraction of sp³-hybridized carbons (Fsp3) is 0.333. The molecule has 0 aliphatic carbocycles. The van der Waals surface area contributed by atoms with Gasteiger partial charge >= 0.3 is 11.9 Å². The number of rotatable bonds is 8. The molecule has 1 rings (SSSR count). The fourth-order valence-electron chi connectivity index (χ4n) is 1.51. The largest absolute Gasteiger partial charge is 0.480 e. The Morgan fingerprint density at radius 3 is 1.61 bits per heavy atom. The van der Waals surface area contributed by atoms with E-state index >= 15 is 0 Å². The van der Waals surface area contributed by atoms with E-state index in [0.717, 1.165) is 11.1 Å². The van der Waals surface area contributed by atoms with Crippen molar-refractivity contribution in [3.05, 3.63) is 35.4 Å². The van der Waals surface area contributed by atoms with Gasteiger partial charge in [0.1, 0.15) is 0 Å². The van der Waals surface area contributed by atoms with E-state index in [9.17, 15) is 9.59 Å². The molecule has 18 heavy (non-hydrogen) atoms. The molecule has 0 atom stereocenters. The van der Waals surface area contributed by atoms with Crippen LogP contribution in [0.2, 0.25) is 0 Å². The summed E-state index contributed by atoms with van der Waals surface area (Å²) in [6.07, 6.45) is 0. The van der Waals surface area contributed by atoms with Crippen LogP contribution in [0.3, 0.4) is 0 Å². The number of carboxylic acid groups (broad SMARTS) is 2. The Morgan fingerprint density at radius 1 is 0.889 bits per heavy atom. The van der Waals surface area contributed by atoms with Crippen LogP contribution >= 0.6 is 0 Å². The second-order valence-corrected chi connectivity index (χ2v) is 3.76. The van der Waals surface area contributed by atoms with Gasteiger partial charge < -0.3 is 20.8 Å². The lowest BCUT2D eigenvalue weighted by Crippen LogP contribution is -2.25. The van der Waals surface area contributed by atoms with Crippen LogP contribution in [0.15, 0.2) is 24.3 Å². The Bertz CT molecular complexity index is 381. The summed E-state index contributed by atoms with van der Waals surface area (Å²) in [4.78, 5) is 20.8. The normalized spacial score (nSPS) is 10.2. The summed E-state index contributed by atoms with van der Waals surface area (Å²) in [7, 11) is 0. The number of nitrogens with one attached hydrogen (secondary N) is 2. The summed E-state index contributed by atoms with van der Waals surface area (Å²) >= 11 is 0. The van der Waals surface area contributed by atoms with Crippen molar-refractivity contribution in [2.24, 2.45) is 0 Å². The number of hydrogen-bond acceptors (Lipinski definition) is 4. The number of benzene rings is 1. The molecule has 98 valence electrons. The van der Waals surface area contributed by atoms with Gasteiger partial charge in [0.2, 0.25) is 0 Å². The lowest BCUT2D eigenvalue weighted by Gasteiger charge is -2.10. The van der Waals surface area contributed by atoms with Gasteiger partial charge in [-0.05, 0) is 11.1 Å². The zero-order chi connectivity index (χ0) is 13.4. The molecule has 6 heteroatoms. The van der Waals surface area contributed by atoms with Gasteiger partial charge in [-0.25, -0.2) is 0 Å². The molecule has 0 bridgehead atoms. The molecule has 0 saturated heterocycles. The fourth-order valence-corrected chi connectivity index (χ4v) is 1.51. The van der Waals surface area contributed by atoms with Gasteiger partial charge in [0.25, 0.3) is 0 Å². The SMILES string of the molecule is O=C(O)CNCc1ccccc1CNCC(=O)O. The third-order valence-electron chi connectivity index (χ3n) is 2.30. The van der Waals surface area contributed by atoms with Crippen LogP contribution in [0, 0.1) is 0 Å². The minimum absolute atomic E-state index is 0.100. The Morgan fingerprint density at radius 2 is 1.28 bits per heavy atom. The maximum Gasteiger partial charge on any atom is 0.317 e. The first-order valence-corrected chi connectivity index (χ1v) is 5.51. The Kier molecular flexibility index (Phi) is 5.83. The van der Waals surface area contributed by atoms with E-state index in [-0.39, 0.29) is 13.1 Å². The van der Waals surface area contributed by atoms with Crippen molar-refractivity contribution in [1.29, 1.82) is 0 Å². The van der Waals surface area contributed by atoms with E-state index in [2.05, 4.69) is 10.6 Å². The summed E-state index contributed by atoms with van der Waals surface area (Å²) in [5.74, 6) is -1.81. The molecule has 0 amide bonds. The van der Waals surface area contributed by atoms with E-state index in [1.165, 1.54) is 0 Å². The van der Waals surface area contributed by atoms with Gasteiger partial charge in [-0.1, -0.05) is 24.3 Å². The topological polar surface area (TPSA) is 98.7 Å². The third-order valence-corrected chi connectivity index (χ3v) is 2.30. The molecule has 0 unspecified atom stereocenters. The highest BCUT2D eigenvalue weighted by Gasteiger charge is 2.03. The van der Waals surface area contributed by atoms with Crippen LogP contribution in [0.5, 0.6) is 0 Å². The zero-order valence-corrected chi connectivity index (χ0v) is 9.85. The number of aliphatic carboxylic acids is 2. The molecule has 0 heterocycles. The number of carbonyl (C=O) groups is 2. The van der Waals surface area contributed by atoms with Crippen molar-refractivity contribution in [3.63, 3.8) is 0 Å². The zero-order valence-electron chi connectivity index (χ0n) is 9.85. The van der Waals surface area contributed by atoms with Gasteiger partial charge in [0.15, 0.2) is 0 Å². The number of hydrogen-bond donors (Lipinski definition) is 4. The minimum atomic E-state index is -0.906. The first-order valence-electron chi connectivity index (χ1n) is 5.51. The van der Waals surface area contributed by atoms with Crippen LogP contribution in [-0.4, -0.2) is 35.2 Å². The van der Waals surface area contributed by atoms with Crippen molar-refractivity contribution in [3.8, 4) is 0 Å². The highest BCUT2D eigenvalue weighted by Crippen LogP contribution is 2.07. The van der Waals surface area contributed by atoms with Gasteiger partial charge in [0.05, 0.1) is 13.1 Å². The minimum Gasteiger partial charge on any atom is -0.480 e. The maximum atomic E-state index is 10.4. The van der Waals surface area contributed by atoms with Crippen molar-refractivity contribution < 1.29 is 19.8 Å². The second-order valence-electron chi connectivity index (χ2n) is 3.76. The Labute approximate surface area is 105 Å². The van der Waals surface area contributed by atoms with Crippen LogP contribution in [0.4, 0.5) is 0 Å².